The maximum atomic E-state index is 14.2. The molecule has 1 aromatic heterocycles. The van der Waals surface area contributed by atoms with E-state index in [1.54, 1.807) is 23.5 Å². The van der Waals surface area contributed by atoms with Crippen LogP contribution >= 0.6 is 22.9 Å². The average molecular weight is 451 g/mol. The van der Waals surface area contributed by atoms with Crippen molar-refractivity contribution in [3.8, 4) is 0 Å². The topological polar surface area (TPSA) is 74.3 Å². The molecule has 1 aliphatic carbocycles. The van der Waals surface area contributed by atoms with E-state index in [0.29, 0.717) is 30.2 Å². The number of carbonyl (C=O) groups is 2. The third-order valence-electron chi connectivity index (χ3n) is 5.57. The number of aryl methyl sites for hydroxylation is 2. The first-order valence-corrected chi connectivity index (χ1v) is 11.4. The summed E-state index contributed by atoms with van der Waals surface area (Å²) in [7, 11) is 0. The number of benzene rings is 1. The summed E-state index contributed by atoms with van der Waals surface area (Å²) in [5, 5.41) is 6.89. The van der Waals surface area contributed by atoms with Crippen molar-refractivity contribution in [2.75, 3.05) is 13.1 Å². The van der Waals surface area contributed by atoms with Crippen LogP contribution in [0.3, 0.4) is 0 Å². The highest BCUT2D eigenvalue weighted by molar-refractivity contribution is 7.11. The minimum absolute atomic E-state index is 0.00297. The van der Waals surface area contributed by atoms with Gasteiger partial charge in [-0.2, -0.15) is 0 Å². The van der Waals surface area contributed by atoms with Gasteiger partial charge in [0.05, 0.1) is 24.7 Å². The van der Waals surface area contributed by atoms with Gasteiger partial charge in [0, 0.05) is 35.1 Å². The van der Waals surface area contributed by atoms with Crippen LogP contribution in [0.2, 0.25) is 5.02 Å². The molecule has 1 fully saturated rings. The van der Waals surface area contributed by atoms with Crippen molar-refractivity contribution < 1.29 is 14.0 Å². The maximum Gasteiger partial charge on any atom is 0.237 e. The minimum Gasteiger partial charge on any atom is -0.353 e. The van der Waals surface area contributed by atoms with Crippen LogP contribution in [0, 0.1) is 5.82 Å². The Morgan fingerprint density at radius 3 is 3.00 bits per heavy atom. The molecule has 0 spiro atoms. The standard InChI is InChI=1S/C21H24ClFN4O2S/c22-14-4-3-5-15(23)13(14)12-27-9-8-24-21(29)17(27)10-19(28)25-11-20-26-16-6-1-2-7-18(16)30-20/h3-5,17H,1-2,6-12H2,(H,24,29)(H,25,28)/t17-/m1/s1. The molecule has 1 atom stereocenters. The fourth-order valence-corrected chi connectivity index (χ4v) is 5.28. The number of piperazine rings is 1. The highest BCUT2D eigenvalue weighted by Gasteiger charge is 2.32. The Kier molecular flexibility index (Phi) is 6.65. The van der Waals surface area contributed by atoms with Crippen LogP contribution in [-0.2, 0) is 35.5 Å². The van der Waals surface area contributed by atoms with Crippen molar-refractivity contribution in [2.45, 2.75) is 51.2 Å². The molecule has 6 nitrogen and oxygen atoms in total. The molecule has 2 amide bonds. The Bertz CT molecular complexity index is 907. The van der Waals surface area contributed by atoms with Crippen LogP contribution in [0.5, 0.6) is 0 Å². The smallest absolute Gasteiger partial charge is 0.237 e. The monoisotopic (exact) mass is 450 g/mol. The number of thiazole rings is 1. The van der Waals surface area contributed by atoms with Gasteiger partial charge in [-0.25, -0.2) is 9.37 Å². The maximum absolute atomic E-state index is 14.2. The predicted octanol–water partition coefficient (Wildman–Crippen LogP) is 2.82. The molecule has 1 saturated heterocycles. The summed E-state index contributed by atoms with van der Waals surface area (Å²) >= 11 is 7.80. The normalized spacial score (nSPS) is 19.3. The van der Waals surface area contributed by atoms with Crippen molar-refractivity contribution in [1.29, 1.82) is 0 Å². The molecule has 1 aliphatic heterocycles. The summed E-state index contributed by atoms with van der Waals surface area (Å²) in [6.45, 7) is 1.52. The number of rotatable bonds is 6. The molecule has 0 radical (unpaired) electrons. The molecule has 2 aliphatic rings. The van der Waals surface area contributed by atoms with Crippen molar-refractivity contribution >= 4 is 34.8 Å². The van der Waals surface area contributed by atoms with Crippen LogP contribution in [-0.4, -0.2) is 40.8 Å². The Morgan fingerprint density at radius 1 is 1.37 bits per heavy atom. The number of halogens is 2. The number of amides is 2. The molecule has 1 aromatic carbocycles. The van der Waals surface area contributed by atoms with Crippen molar-refractivity contribution in [3.63, 3.8) is 0 Å². The van der Waals surface area contributed by atoms with E-state index >= 15 is 0 Å². The highest BCUT2D eigenvalue weighted by atomic mass is 35.5. The summed E-state index contributed by atoms with van der Waals surface area (Å²) < 4.78 is 14.2. The van der Waals surface area contributed by atoms with Gasteiger partial charge in [0.2, 0.25) is 11.8 Å². The summed E-state index contributed by atoms with van der Waals surface area (Å²) in [6, 6.07) is 3.85. The fourth-order valence-electron chi connectivity index (χ4n) is 3.96. The summed E-state index contributed by atoms with van der Waals surface area (Å²) in [5.41, 5.74) is 1.50. The summed E-state index contributed by atoms with van der Waals surface area (Å²) in [4.78, 5) is 32.8. The largest absolute Gasteiger partial charge is 0.353 e. The molecule has 9 heteroatoms. The molecular weight excluding hydrogens is 427 g/mol. The first kappa shape index (κ1) is 21.2. The molecule has 0 saturated carbocycles. The van der Waals surface area contributed by atoms with Crippen molar-refractivity contribution in [3.05, 3.63) is 50.2 Å². The number of nitrogens with one attached hydrogen (secondary N) is 2. The Morgan fingerprint density at radius 2 is 2.20 bits per heavy atom. The second kappa shape index (κ2) is 9.41. The third kappa shape index (κ3) is 4.82. The number of fused-ring (bicyclic) bond motifs is 1. The number of carbonyl (C=O) groups excluding carboxylic acids is 2. The molecule has 2 N–H and O–H groups in total. The van der Waals surface area contributed by atoms with Gasteiger partial charge >= 0.3 is 0 Å². The van der Waals surface area contributed by atoms with Crippen LogP contribution in [0.25, 0.3) is 0 Å². The fraction of sp³-hybridized carbons (Fsp3) is 0.476. The Balaban J connectivity index is 1.38. The zero-order valence-corrected chi connectivity index (χ0v) is 18.1. The lowest BCUT2D eigenvalue weighted by molar-refractivity contribution is -0.134. The Labute approximate surface area is 183 Å². The van der Waals surface area contributed by atoms with Crippen LogP contribution in [0.15, 0.2) is 18.2 Å². The molecule has 160 valence electrons. The average Bonchev–Trinajstić information content (AvgIpc) is 3.15. The number of hydrogen-bond acceptors (Lipinski definition) is 5. The predicted molar refractivity (Wildman–Crippen MR) is 114 cm³/mol. The second-order valence-electron chi connectivity index (χ2n) is 7.64. The van der Waals surface area contributed by atoms with Gasteiger partial charge in [0.15, 0.2) is 0 Å². The first-order valence-electron chi connectivity index (χ1n) is 10.2. The number of aromatic nitrogens is 1. The van der Waals surface area contributed by atoms with Gasteiger partial charge in [-0.05, 0) is 37.8 Å². The molecule has 2 heterocycles. The van der Waals surface area contributed by atoms with Gasteiger partial charge in [-0.1, -0.05) is 17.7 Å². The van der Waals surface area contributed by atoms with E-state index < -0.39 is 11.9 Å². The minimum atomic E-state index is -0.668. The van der Waals surface area contributed by atoms with Gasteiger partial charge in [0.1, 0.15) is 10.8 Å². The molecule has 0 bridgehead atoms. The third-order valence-corrected chi connectivity index (χ3v) is 7.08. The molecule has 30 heavy (non-hydrogen) atoms. The highest BCUT2D eigenvalue weighted by Crippen LogP contribution is 2.27. The lowest BCUT2D eigenvalue weighted by Gasteiger charge is -2.34. The zero-order chi connectivity index (χ0) is 21.1. The van der Waals surface area contributed by atoms with Crippen LogP contribution in [0.4, 0.5) is 4.39 Å². The Hall–Kier alpha value is -2.03. The molecule has 4 rings (SSSR count). The zero-order valence-electron chi connectivity index (χ0n) is 16.5. The lowest BCUT2D eigenvalue weighted by Crippen LogP contribution is -2.56. The molecule has 2 aromatic rings. The summed E-state index contributed by atoms with van der Waals surface area (Å²) in [6.07, 6.45) is 4.44. The van der Waals surface area contributed by atoms with Crippen molar-refractivity contribution in [2.24, 2.45) is 0 Å². The van der Waals surface area contributed by atoms with E-state index in [1.807, 2.05) is 4.90 Å². The summed E-state index contributed by atoms with van der Waals surface area (Å²) in [5.74, 6) is -0.868. The SMILES string of the molecule is O=C(C[C@@H]1C(=O)NCCN1Cc1c(F)cccc1Cl)NCc1nc2c(s1)CCCC2. The van der Waals surface area contributed by atoms with Crippen LogP contribution < -0.4 is 10.6 Å². The van der Waals surface area contributed by atoms with E-state index in [9.17, 15) is 14.0 Å². The van der Waals surface area contributed by atoms with Crippen LogP contribution in [0.1, 0.15) is 40.4 Å². The van der Waals surface area contributed by atoms with E-state index in [-0.39, 0.29) is 24.8 Å². The number of hydrogen-bond donors (Lipinski definition) is 2. The van der Waals surface area contributed by atoms with E-state index in [4.69, 9.17) is 11.6 Å². The quantitative estimate of drug-likeness (QED) is 0.709. The lowest BCUT2D eigenvalue weighted by atomic mass is 10.0. The van der Waals surface area contributed by atoms with Crippen molar-refractivity contribution in [1.82, 2.24) is 20.5 Å². The van der Waals surface area contributed by atoms with E-state index in [2.05, 4.69) is 15.6 Å². The molecular formula is C21H24ClFN4O2S. The molecule has 0 unspecified atom stereocenters. The van der Waals surface area contributed by atoms with Gasteiger partial charge in [-0.15, -0.1) is 11.3 Å². The number of nitrogens with zero attached hydrogens (tertiary/aromatic N) is 2. The second-order valence-corrected chi connectivity index (χ2v) is 9.22. The van der Waals surface area contributed by atoms with E-state index in [0.717, 1.165) is 23.5 Å². The van der Waals surface area contributed by atoms with Gasteiger partial charge < -0.3 is 10.6 Å². The van der Waals surface area contributed by atoms with Gasteiger partial charge in [-0.3, -0.25) is 14.5 Å². The van der Waals surface area contributed by atoms with Gasteiger partial charge in [0.25, 0.3) is 0 Å². The van der Waals surface area contributed by atoms with E-state index in [1.165, 1.54) is 23.8 Å². The first-order chi connectivity index (χ1) is 14.5.